The van der Waals surface area contributed by atoms with Crippen LogP contribution in [0, 0.1) is 5.41 Å². The number of carbonyl (C=O) groups excluding carboxylic acids is 3. The molecule has 2 aromatic heterocycles. The Morgan fingerprint density at radius 2 is 1.44 bits per heavy atom. The number of hydrogen-bond donors (Lipinski definition) is 5. The maximum Gasteiger partial charge on any atom is 0.320 e. The highest BCUT2D eigenvalue weighted by atomic mass is 19.1. The summed E-state index contributed by atoms with van der Waals surface area (Å²) in [4.78, 5) is 62.6. The number of piperidine rings is 2. The quantitative estimate of drug-likeness (QED) is 0.133. The van der Waals surface area contributed by atoms with Gasteiger partial charge in [-0.2, -0.15) is 0 Å². The minimum Gasteiger partial charge on any atom is -0.480 e. The molecule has 6 rings (SSSR count). The van der Waals surface area contributed by atoms with E-state index in [0.29, 0.717) is 64.8 Å². The van der Waals surface area contributed by atoms with Gasteiger partial charge in [-0.05, 0) is 87.7 Å². The molecule has 14 nitrogen and oxygen atoms in total. The Morgan fingerprint density at radius 3 is 2.11 bits per heavy atom. The van der Waals surface area contributed by atoms with Gasteiger partial charge in [-0.3, -0.25) is 29.0 Å². The first-order chi connectivity index (χ1) is 26.0. The number of carboxylic acids is 1. The third-order valence-electron chi connectivity index (χ3n) is 11.3. The number of hydrogen-bond acceptors (Lipinski definition) is 11. The molecule has 2 fully saturated rings. The van der Waals surface area contributed by atoms with Crippen molar-refractivity contribution < 1.29 is 33.4 Å². The molecule has 0 bridgehead atoms. The fourth-order valence-corrected chi connectivity index (χ4v) is 7.74. The second-order valence-corrected chi connectivity index (χ2v) is 15.5. The summed E-state index contributed by atoms with van der Waals surface area (Å²) in [5.74, 6) is -0.0641. The average molecular weight is 751 g/mol. The summed E-state index contributed by atoms with van der Waals surface area (Å²) in [6.45, 7) is 6.14. The molecule has 54 heavy (non-hydrogen) atoms. The van der Waals surface area contributed by atoms with Crippen molar-refractivity contribution in [3.63, 3.8) is 0 Å². The zero-order chi connectivity index (χ0) is 38.1. The lowest BCUT2D eigenvalue weighted by Crippen LogP contribution is -2.52. The van der Waals surface area contributed by atoms with E-state index < -0.39 is 23.0 Å². The van der Waals surface area contributed by atoms with E-state index in [-0.39, 0.29) is 57.0 Å². The Labute approximate surface area is 316 Å². The summed E-state index contributed by atoms with van der Waals surface area (Å²) in [5, 5.41) is 21.4. The molecule has 15 heteroatoms. The minimum absolute atomic E-state index is 0.0208. The molecule has 0 saturated carbocycles. The van der Waals surface area contributed by atoms with E-state index in [9.17, 15) is 19.2 Å². The summed E-state index contributed by atoms with van der Waals surface area (Å²) in [7, 11) is 0. The first kappa shape index (κ1) is 39.3. The van der Waals surface area contributed by atoms with Gasteiger partial charge >= 0.3 is 11.9 Å². The van der Waals surface area contributed by atoms with Gasteiger partial charge in [-0.1, -0.05) is 19.1 Å². The molecule has 0 aromatic carbocycles. The largest absolute Gasteiger partial charge is 0.480 e. The number of amides is 2. The van der Waals surface area contributed by atoms with Gasteiger partial charge in [0, 0.05) is 68.8 Å². The number of alkyl halides is 1. The molecular formula is C39H55FN8O6. The number of ether oxygens (including phenoxy) is 1. The number of pyridine rings is 2. The van der Waals surface area contributed by atoms with Crippen molar-refractivity contribution in [1.29, 1.82) is 0 Å². The van der Waals surface area contributed by atoms with E-state index in [1.54, 1.807) is 4.90 Å². The van der Waals surface area contributed by atoms with Crippen LogP contribution in [0.25, 0.3) is 0 Å². The molecule has 0 spiro atoms. The smallest absolute Gasteiger partial charge is 0.320 e. The molecule has 1 unspecified atom stereocenters. The Kier molecular flexibility index (Phi) is 13.0. The summed E-state index contributed by atoms with van der Waals surface area (Å²) < 4.78 is 21.0. The number of esters is 1. The number of aryl methyl sites for hydroxylation is 3. The normalized spacial score (nSPS) is 20.7. The molecular weight excluding hydrogens is 695 g/mol. The Bertz CT molecular complexity index is 1660. The number of anilines is 2. The van der Waals surface area contributed by atoms with Gasteiger partial charge in [0.2, 0.25) is 5.91 Å². The van der Waals surface area contributed by atoms with E-state index in [0.717, 1.165) is 60.8 Å². The third kappa shape index (κ3) is 10.4. The van der Waals surface area contributed by atoms with Crippen LogP contribution in [0.5, 0.6) is 0 Å². The predicted molar refractivity (Wildman–Crippen MR) is 201 cm³/mol. The fourth-order valence-electron chi connectivity index (χ4n) is 7.74. The highest BCUT2D eigenvalue weighted by Gasteiger charge is 2.42. The van der Waals surface area contributed by atoms with Crippen LogP contribution >= 0.6 is 0 Å². The molecule has 294 valence electrons. The van der Waals surface area contributed by atoms with Gasteiger partial charge in [0.25, 0.3) is 5.91 Å². The lowest BCUT2D eigenvalue weighted by atomic mass is 9.79. The van der Waals surface area contributed by atoms with Gasteiger partial charge in [0.1, 0.15) is 17.7 Å². The topological polar surface area (TPSA) is 178 Å². The molecule has 6 heterocycles. The number of aromatic nitrogens is 2. The molecule has 0 radical (unpaired) electrons. The number of carboxylic acid groups (broad SMARTS) is 1. The Hall–Kier alpha value is -4.37. The highest BCUT2D eigenvalue weighted by molar-refractivity contribution is 5.85. The molecule has 1 atom stereocenters. The van der Waals surface area contributed by atoms with Crippen LogP contribution in [-0.2, 0) is 49.6 Å². The Morgan fingerprint density at radius 1 is 0.852 bits per heavy atom. The zero-order valence-electron chi connectivity index (χ0n) is 31.4. The lowest BCUT2D eigenvalue weighted by Gasteiger charge is -2.38. The number of carbonyl (C=O) groups is 4. The minimum atomic E-state index is -1.98. The first-order valence-corrected chi connectivity index (χ1v) is 19.5. The van der Waals surface area contributed by atoms with Crippen molar-refractivity contribution in [3.8, 4) is 0 Å². The summed E-state index contributed by atoms with van der Waals surface area (Å²) in [5.41, 5.74) is 1.68. The number of halogens is 1. The van der Waals surface area contributed by atoms with Crippen molar-refractivity contribution in [2.75, 3.05) is 76.1 Å². The van der Waals surface area contributed by atoms with Crippen molar-refractivity contribution >= 4 is 35.4 Å². The first-order valence-electron chi connectivity index (χ1n) is 19.5. The maximum absolute atomic E-state index is 15.2. The van der Waals surface area contributed by atoms with Crippen molar-refractivity contribution in [3.05, 3.63) is 46.8 Å². The van der Waals surface area contributed by atoms with Crippen LogP contribution in [0.15, 0.2) is 24.3 Å². The second-order valence-electron chi connectivity index (χ2n) is 15.5. The summed E-state index contributed by atoms with van der Waals surface area (Å²) >= 11 is 0. The van der Waals surface area contributed by atoms with Crippen molar-refractivity contribution in [2.24, 2.45) is 5.41 Å². The van der Waals surface area contributed by atoms with Gasteiger partial charge in [0.15, 0.2) is 5.67 Å². The number of rotatable bonds is 15. The van der Waals surface area contributed by atoms with E-state index in [2.05, 4.69) is 38.3 Å². The van der Waals surface area contributed by atoms with Gasteiger partial charge in [0.05, 0.1) is 19.6 Å². The molecule has 2 saturated heterocycles. The lowest BCUT2D eigenvalue weighted by molar-refractivity contribution is -0.150. The molecule has 2 aromatic rings. The number of nitrogens with one attached hydrogen (secondary N) is 4. The molecule has 2 amide bonds. The van der Waals surface area contributed by atoms with Crippen molar-refractivity contribution in [2.45, 2.75) is 89.3 Å². The van der Waals surface area contributed by atoms with Gasteiger partial charge < -0.3 is 31.1 Å². The van der Waals surface area contributed by atoms with E-state index >= 15 is 4.39 Å². The van der Waals surface area contributed by atoms with Crippen LogP contribution in [-0.4, -0.2) is 126 Å². The third-order valence-corrected chi connectivity index (χ3v) is 11.3. The zero-order valence-corrected chi connectivity index (χ0v) is 31.4. The molecule has 5 N–H and O–H groups in total. The molecule has 4 aliphatic heterocycles. The number of likely N-dealkylation sites (tertiary alicyclic amines) is 2. The van der Waals surface area contributed by atoms with Crippen LogP contribution in [0.3, 0.4) is 0 Å². The van der Waals surface area contributed by atoms with Crippen LogP contribution in [0.2, 0.25) is 0 Å². The number of aliphatic carboxylic acids is 1. The predicted octanol–water partition coefficient (Wildman–Crippen LogP) is 2.50. The average Bonchev–Trinajstić information content (AvgIpc) is 3.16. The van der Waals surface area contributed by atoms with Crippen molar-refractivity contribution in [1.82, 2.24) is 30.4 Å². The Balaban J connectivity index is 0.845. The monoisotopic (exact) mass is 750 g/mol. The van der Waals surface area contributed by atoms with E-state index in [4.69, 9.17) is 19.8 Å². The van der Waals surface area contributed by atoms with Gasteiger partial charge in [-0.15, -0.1) is 0 Å². The second kappa shape index (κ2) is 17.8. The molecule has 0 aliphatic carbocycles. The van der Waals surface area contributed by atoms with Crippen LogP contribution in [0.1, 0.15) is 74.4 Å². The highest BCUT2D eigenvalue weighted by Crippen LogP contribution is 2.31. The standard InChI is InChI=1S/C39H55FN8O6/c1-38(36(52)42-17-3-6-29-10-8-27-5-2-16-41-34(27)45-29)12-19-48(20-13-38)26-33(51)54-31-23-28-9-11-30(46-35(28)44-24-31)7-4-18-43-37(53)39(40)14-21-47(22-15-39)25-32(49)50/h8-11,31H,2-7,12-26H2,1H3,(H,41,45)(H,42,52)(H,43,53)(H,44,46)(H,49,50). The van der Waals surface area contributed by atoms with E-state index in [1.165, 1.54) is 5.56 Å². The maximum atomic E-state index is 15.2. The number of fused-ring (bicyclic) bond motifs is 2. The summed E-state index contributed by atoms with van der Waals surface area (Å²) in [6.07, 6.45) is 6.58. The molecule has 4 aliphatic rings. The van der Waals surface area contributed by atoms with Crippen LogP contribution < -0.4 is 21.3 Å². The van der Waals surface area contributed by atoms with Gasteiger partial charge in [-0.25, -0.2) is 14.4 Å². The van der Waals surface area contributed by atoms with Crippen LogP contribution in [0.4, 0.5) is 16.0 Å². The SMILES string of the molecule is CC1(C(=O)NCCCc2ccc3c(n2)NCCC3)CCN(CC(=O)OC2CNc3nc(CCCNC(=O)C4(F)CCN(CC(=O)O)CC4)ccc3C2)CC1. The summed E-state index contributed by atoms with van der Waals surface area (Å²) in [6, 6.07) is 8.15. The fraction of sp³-hybridized carbons (Fsp3) is 0.641. The van der Waals surface area contributed by atoms with E-state index in [1.807, 2.05) is 19.1 Å². The number of nitrogens with zero attached hydrogens (tertiary/aromatic N) is 4.